The summed E-state index contributed by atoms with van der Waals surface area (Å²) in [5.41, 5.74) is 2.16. The van der Waals surface area contributed by atoms with Gasteiger partial charge in [0.05, 0.1) is 6.04 Å². The van der Waals surface area contributed by atoms with Crippen LogP contribution in [0.25, 0.3) is 11.4 Å². The minimum absolute atomic E-state index is 0.00106. The van der Waals surface area contributed by atoms with Crippen LogP contribution in [0.15, 0.2) is 41.8 Å². The average Bonchev–Trinajstić information content (AvgIpc) is 3.24. The quantitative estimate of drug-likeness (QED) is 0.636. The molecule has 5 nitrogen and oxygen atoms in total. The van der Waals surface area contributed by atoms with E-state index >= 15 is 0 Å². The molecular weight excluding hydrogens is 352 g/mol. The van der Waals surface area contributed by atoms with Crippen molar-refractivity contribution in [3.8, 4) is 11.4 Å². The first-order valence-electron chi connectivity index (χ1n) is 8.09. The van der Waals surface area contributed by atoms with E-state index in [4.69, 9.17) is 12.2 Å². The minimum atomic E-state index is -0.00106. The fourth-order valence-corrected chi connectivity index (χ4v) is 3.54. The summed E-state index contributed by atoms with van der Waals surface area (Å²) in [6.07, 6.45) is 0.350. The number of aromatic amines is 1. The summed E-state index contributed by atoms with van der Waals surface area (Å²) in [4.78, 5) is 13.4. The summed E-state index contributed by atoms with van der Waals surface area (Å²) in [7, 11) is 0. The SMILES string of the molecule is Cc1ccc(-c2n[nH]c(=S)n2CCC(=O)N[C@@H](C)c2cccs2)cc1. The van der Waals surface area contributed by atoms with Gasteiger partial charge in [-0.1, -0.05) is 35.9 Å². The molecule has 2 N–H and O–H groups in total. The fourth-order valence-electron chi connectivity index (χ4n) is 2.58. The smallest absolute Gasteiger partial charge is 0.222 e. The van der Waals surface area contributed by atoms with Gasteiger partial charge in [-0.3, -0.25) is 14.5 Å². The maximum absolute atomic E-state index is 12.3. The molecule has 3 aromatic rings. The number of carbonyl (C=O) groups excluding carboxylic acids is 1. The minimum Gasteiger partial charge on any atom is -0.349 e. The van der Waals surface area contributed by atoms with Crippen molar-refractivity contribution < 1.29 is 4.79 Å². The lowest BCUT2D eigenvalue weighted by atomic mass is 10.1. The first-order chi connectivity index (χ1) is 12.0. The Morgan fingerprint density at radius 2 is 2.12 bits per heavy atom. The van der Waals surface area contributed by atoms with Crippen molar-refractivity contribution >= 4 is 29.5 Å². The molecule has 0 saturated carbocycles. The molecule has 130 valence electrons. The lowest BCUT2D eigenvalue weighted by Crippen LogP contribution is -2.27. The van der Waals surface area contributed by atoms with Gasteiger partial charge in [0, 0.05) is 23.4 Å². The molecule has 0 radical (unpaired) electrons. The van der Waals surface area contributed by atoms with E-state index in [0.717, 1.165) is 16.3 Å². The molecule has 0 spiro atoms. The Balaban J connectivity index is 1.67. The number of hydrogen-bond donors (Lipinski definition) is 2. The molecule has 0 bridgehead atoms. The highest BCUT2D eigenvalue weighted by molar-refractivity contribution is 7.71. The molecule has 1 atom stereocenters. The second kappa shape index (κ2) is 7.76. The summed E-state index contributed by atoms with van der Waals surface area (Å²) in [5, 5.41) is 12.2. The summed E-state index contributed by atoms with van der Waals surface area (Å²) < 4.78 is 2.39. The Morgan fingerprint density at radius 3 is 2.80 bits per heavy atom. The average molecular weight is 373 g/mol. The number of nitrogens with one attached hydrogen (secondary N) is 2. The van der Waals surface area contributed by atoms with E-state index in [-0.39, 0.29) is 11.9 Å². The topological polar surface area (TPSA) is 62.7 Å². The lowest BCUT2D eigenvalue weighted by Gasteiger charge is -2.13. The van der Waals surface area contributed by atoms with Gasteiger partial charge in [-0.2, -0.15) is 5.10 Å². The van der Waals surface area contributed by atoms with E-state index in [0.29, 0.717) is 17.7 Å². The van der Waals surface area contributed by atoms with Crippen LogP contribution < -0.4 is 5.32 Å². The van der Waals surface area contributed by atoms with Crippen LogP contribution in [0.3, 0.4) is 0 Å². The van der Waals surface area contributed by atoms with Crippen LogP contribution in [0.2, 0.25) is 0 Å². The van der Waals surface area contributed by atoms with Gasteiger partial charge in [-0.15, -0.1) is 11.3 Å². The number of amides is 1. The predicted molar refractivity (Wildman–Crippen MR) is 103 cm³/mol. The fraction of sp³-hybridized carbons (Fsp3) is 0.278. The molecule has 7 heteroatoms. The number of aromatic nitrogens is 3. The first kappa shape index (κ1) is 17.6. The molecule has 0 unspecified atom stereocenters. The van der Waals surface area contributed by atoms with Gasteiger partial charge in [-0.25, -0.2) is 0 Å². The third-order valence-electron chi connectivity index (χ3n) is 3.98. The molecule has 0 saturated heterocycles. The van der Waals surface area contributed by atoms with Crippen molar-refractivity contribution in [2.75, 3.05) is 0 Å². The summed E-state index contributed by atoms with van der Waals surface area (Å²) in [5.74, 6) is 0.753. The van der Waals surface area contributed by atoms with E-state index < -0.39 is 0 Å². The zero-order valence-corrected chi connectivity index (χ0v) is 15.8. The number of thiophene rings is 1. The summed E-state index contributed by atoms with van der Waals surface area (Å²) in [6.45, 7) is 4.52. The van der Waals surface area contributed by atoms with E-state index in [9.17, 15) is 4.79 Å². The van der Waals surface area contributed by atoms with Crippen LogP contribution in [-0.2, 0) is 11.3 Å². The van der Waals surface area contributed by atoms with Crippen LogP contribution in [0.5, 0.6) is 0 Å². The number of rotatable bonds is 6. The zero-order valence-electron chi connectivity index (χ0n) is 14.2. The van der Waals surface area contributed by atoms with Crippen LogP contribution in [0, 0.1) is 11.7 Å². The highest BCUT2D eigenvalue weighted by Crippen LogP contribution is 2.20. The van der Waals surface area contributed by atoms with Crippen molar-refractivity contribution in [3.05, 3.63) is 57.0 Å². The summed E-state index contributed by atoms with van der Waals surface area (Å²) >= 11 is 6.96. The van der Waals surface area contributed by atoms with E-state index in [1.165, 1.54) is 5.56 Å². The number of benzene rings is 1. The lowest BCUT2D eigenvalue weighted by molar-refractivity contribution is -0.121. The Kier molecular flexibility index (Phi) is 5.45. The first-order valence-corrected chi connectivity index (χ1v) is 9.38. The van der Waals surface area contributed by atoms with Crippen molar-refractivity contribution in [2.45, 2.75) is 32.9 Å². The van der Waals surface area contributed by atoms with Gasteiger partial charge >= 0.3 is 0 Å². The molecule has 25 heavy (non-hydrogen) atoms. The van der Waals surface area contributed by atoms with Gasteiger partial charge < -0.3 is 5.32 Å². The number of carbonyl (C=O) groups is 1. The third-order valence-corrected chi connectivity index (χ3v) is 5.34. The van der Waals surface area contributed by atoms with Crippen molar-refractivity contribution in [2.24, 2.45) is 0 Å². The van der Waals surface area contributed by atoms with Crippen LogP contribution in [0.1, 0.15) is 29.8 Å². The largest absolute Gasteiger partial charge is 0.349 e. The van der Waals surface area contributed by atoms with E-state index in [1.54, 1.807) is 11.3 Å². The molecule has 0 fully saturated rings. The van der Waals surface area contributed by atoms with Crippen molar-refractivity contribution in [1.82, 2.24) is 20.1 Å². The van der Waals surface area contributed by atoms with Crippen molar-refractivity contribution in [1.29, 1.82) is 0 Å². The second-order valence-electron chi connectivity index (χ2n) is 5.92. The Labute approximate surface area is 155 Å². The predicted octanol–water partition coefficient (Wildman–Crippen LogP) is 4.25. The maximum Gasteiger partial charge on any atom is 0.222 e. The van der Waals surface area contributed by atoms with E-state index in [1.807, 2.05) is 60.2 Å². The molecule has 2 aromatic heterocycles. The van der Waals surface area contributed by atoms with E-state index in [2.05, 4.69) is 15.5 Å². The molecule has 0 aliphatic rings. The monoisotopic (exact) mass is 372 g/mol. The van der Waals surface area contributed by atoms with Gasteiger partial charge in [0.15, 0.2) is 10.6 Å². The Morgan fingerprint density at radius 1 is 1.36 bits per heavy atom. The van der Waals surface area contributed by atoms with Crippen LogP contribution in [-0.4, -0.2) is 20.7 Å². The normalized spacial score (nSPS) is 12.1. The highest BCUT2D eigenvalue weighted by Gasteiger charge is 2.13. The highest BCUT2D eigenvalue weighted by atomic mass is 32.1. The molecule has 2 heterocycles. The third kappa shape index (κ3) is 4.24. The molecule has 1 amide bonds. The number of aryl methyl sites for hydroxylation is 1. The van der Waals surface area contributed by atoms with Gasteiger partial charge in [0.1, 0.15) is 0 Å². The van der Waals surface area contributed by atoms with Crippen molar-refractivity contribution in [3.63, 3.8) is 0 Å². The molecular formula is C18H20N4OS2. The van der Waals surface area contributed by atoms with Crippen LogP contribution >= 0.6 is 23.6 Å². The van der Waals surface area contributed by atoms with Gasteiger partial charge in [0.2, 0.25) is 5.91 Å². The number of nitrogens with zero attached hydrogens (tertiary/aromatic N) is 2. The Bertz CT molecular complexity index is 894. The number of hydrogen-bond acceptors (Lipinski definition) is 4. The van der Waals surface area contributed by atoms with Gasteiger partial charge in [0.25, 0.3) is 0 Å². The number of H-pyrrole nitrogens is 1. The molecule has 3 rings (SSSR count). The molecule has 1 aromatic carbocycles. The second-order valence-corrected chi connectivity index (χ2v) is 7.29. The van der Waals surface area contributed by atoms with Gasteiger partial charge in [-0.05, 0) is 37.5 Å². The Hall–Kier alpha value is -2.25. The maximum atomic E-state index is 12.3. The zero-order chi connectivity index (χ0) is 17.8. The standard InChI is InChI=1S/C18H20N4OS2/c1-12-5-7-14(8-6-12)17-20-21-18(24)22(17)10-9-16(23)19-13(2)15-4-3-11-25-15/h3-8,11,13H,9-10H2,1-2H3,(H,19,23)(H,21,24)/t13-/m0/s1. The molecule has 0 aliphatic carbocycles. The van der Waals surface area contributed by atoms with Crippen LogP contribution in [0.4, 0.5) is 0 Å². The summed E-state index contributed by atoms with van der Waals surface area (Å²) in [6, 6.07) is 12.1. The molecule has 0 aliphatic heterocycles.